The Kier molecular flexibility index (Phi) is 4.06. The molecule has 1 aromatic carbocycles. The van der Waals surface area contributed by atoms with Crippen LogP contribution in [0.15, 0.2) is 36.9 Å². The van der Waals surface area contributed by atoms with Gasteiger partial charge in [0.05, 0.1) is 19.0 Å². The van der Waals surface area contributed by atoms with Gasteiger partial charge in [-0.25, -0.2) is 4.98 Å². The fourth-order valence-corrected chi connectivity index (χ4v) is 2.82. The van der Waals surface area contributed by atoms with Crippen molar-refractivity contribution in [2.24, 2.45) is 0 Å². The zero-order valence-corrected chi connectivity index (χ0v) is 12.8. The molecule has 0 aliphatic carbocycles. The SMILES string of the molecule is COc1cccc2c1[nH]c(=S)n2CCCCn1ccnc1. The number of hydrogen-bond acceptors (Lipinski definition) is 3. The quantitative estimate of drug-likeness (QED) is 0.561. The van der Waals surface area contributed by atoms with E-state index >= 15 is 0 Å². The molecule has 0 aliphatic rings. The lowest BCUT2D eigenvalue weighted by Gasteiger charge is -2.06. The summed E-state index contributed by atoms with van der Waals surface area (Å²) in [4.78, 5) is 7.29. The zero-order chi connectivity index (χ0) is 14.7. The minimum absolute atomic E-state index is 0.747. The van der Waals surface area contributed by atoms with Gasteiger partial charge in [-0.2, -0.15) is 0 Å². The van der Waals surface area contributed by atoms with Crippen LogP contribution in [0.25, 0.3) is 11.0 Å². The van der Waals surface area contributed by atoms with Crippen LogP contribution in [0.3, 0.4) is 0 Å². The molecule has 110 valence electrons. The second kappa shape index (κ2) is 6.13. The second-order valence-electron chi connectivity index (χ2n) is 4.94. The number of hydrogen-bond donors (Lipinski definition) is 1. The number of para-hydroxylation sites is 1. The summed E-state index contributed by atoms with van der Waals surface area (Å²) in [5.41, 5.74) is 2.07. The molecule has 0 saturated heterocycles. The third-order valence-electron chi connectivity index (χ3n) is 3.60. The van der Waals surface area contributed by atoms with Crippen LogP contribution in [0.1, 0.15) is 12.8 Å². The molecule has 0 aliphatic heterocycles. The van der Waals surface area contributed by atoms with Crippen LogP contribution < -0.4 is 4.74 Å². The minimum Gasteiger partial charge on any atom is -0.494 e. The third kappa shape index (κ3) is 2.85. The first-order chi connectivity index (χ1) is 10.3. The normalized spacial score (nSPS) is 11.1. The first-order valence-corrected chi connectivity index (χ1v) is 7.41. The number of rotatable bonds is 6. The predicted molar refractivity (Wildman–Crippen MR) is 85.1 cm³/mol. The van der Waals surface area contributed by atoms with Crippen molar-refractivity contribution in [2.75, 3.05) is 7.11 Å². The third-order valence-corrected chi connectivity index (χ3v) is 3.92. The molecule has 3 aromatic rings. The Morgan fingerprint density at radius 2 is 2.14 bits per heavy atom. The van der Waals surface area contributed by atoms with Crippen LogP contribution >= 0.6 is 12.2 Å². The number of imidazole rings is 2. The summed E-state index contributed by atoms with van der Waals surface area (Å²) < 4.78 is 10.4. The summed E-state index contributed by atoms with van der Waals surface area (Å²) >= 11 is 5.43. The van der Waals surface area contributed by atoms with Crippen molar-refractivity contribution in [3.8, 4) is 5.75 Å². The first kappa shape index (κ1) is 13.9. The highest BCUT2D eigenvalue weighted by atomic mass is 32.1. The maximum Gasteiger partial charge on any atom is 0.178 e. The summed E-state index contributed by atoms with van der Waals surface area (Å²) in [5.74, 6) is 0.829. The molecule has 0 amide bonds. The van der Waals surface area contributed by atoms with Gasteiger partial charge in [0.25, 0.3) is 0 Å². The Hall–Kier alpha value is -2.08. The number of nitrogens with zero attached hydrogens (tertiary/aromatic N) is 3. The van der Waals surface area contributed by atoms with Gasteiger partial charge in [0.2, 0.25) is 0 Å². The molecule has 0 atom stereocenters. The number of fused-ring (bicyclic) bond motifs is 1. The molecule has 6 heteroatoms. The number of aryl methyl sites for hydroxylation is 2. The van der Waals surface area contributed by atoms with Crippen molar-refractivity contribution in [1.82, 2.24) is 19.1 Å². The minimum atomic E-state index is 0.747. The molecular formula is C15H18N4OS. The van der Waals surface area contributed by atoms with Crippen molar-refractivity contribution < 1.29 is 4.74 Å². The second-order valence-corrected chi connectivity index (χ2v) is 5.33. The lowest BCUT2D eigenvalue weighted by atomic mass is 10.2. The van der Waals surface area contributed by atoms with Crippen molar-refractivity contribution in [2.45, 2.75) is 25.9 Å². The highest BCUT2D eigenvalue weighted by Gasteiger charge is 2.08. The highest BCUT2D eigenvalue weighted by Crippen LogP contribution is 2.24. The summed E-state index contributed by atoms with van der Waals surface area (Å²) in [7, 11) is 1.67. The van der Waals surface area contributed by atoms with E-state index in [1.54, 1.807) is 7.11 Å². The molecule has 0 unspecified atom stereocenters. The summed E-state index contributed by atoms with van der Waals surface area (Å²) in [6.07, 6.45) is 7.80. The van der Waals surface area contributed by atoms with Gasteiger partial charge >= 0.3 is 0 Å². The average Bonchev–Trinajstić information content (AvgIpc) is 3.11. The number of aromatic nitrogens is 4. The maximum absolute atomic E-state index is 5.43. The van der Waals surface area contributed by atoms with E-state index in [-0.39, 0.29) is 0 Å². The molecule has 0 fully saturated rings. The van der Waals surface area contributed by atoms with E-state index in [0.29, 0.717) is 0 Å². The zero-order valence-electron chi connectivity index (χ0n) is 12.0. The number of nitrogens with one attached hydrogen (secondary N) is 1. The molecule has 0 spiro atoms. The van der Waals surface area contributed by atoms with Gasteiger partial charge in [0.15, 0.2) is 4.77 Å². The van der Waals surface area contributed by atoms with Crippen molar-refractivity contribution >= 4 is 23.3 Å². The van der Waals surface area contributed by atoms with E-state index in [1.807, 2.05) is 30.9 Å². The Bertz CT molecular complexity index is 773. The number of aromatic amines is 1. The molecule has 1 N–H and O–H groups in total. The molecule has 3 rings (SSSR count). The summed E-state index contributed by atoms with van der Waals surface area (Å²) in [6, 6.07) is 6.00. The van der Waals surface area contributed by atoms with Crippen LogP contribution in [0, 0.1) is 4.77 Å². The van der Waals surface area contributed by atoms with E-state index in [1.165, 1.54) is 0 Å². The van der Waals surface area contributed by atoms with E-state index in [0.717, 1.165) is 47.5 Å². The van der Waals surface area contributed by atoms with Gasteiger partial charge < -0.3 is 18.9 Å². The van der Waals surface area contributed by atoms with Gasteiger partial charge in [-0.15, -0.1) is 0 Å². The maximum atomic E-state index is 5.43. The molecule has 5 nitrogen and oxygen atoms in total. The highest BCUT2D eigenvalue weighted by molar-refractivity contribution is 7.71. The van der Waals surface area contributed by atoms with Crippen LogP contribution in [0.2, 0.25) is 0 Å². The number of unbranched alkanes of at least 4 members (excludes halogenated alkanes) is 1. The van der Waals surface area contributed by atoms with Gasteiger partial charge in [-0.3, -0.25) is 0 Å². The van der Waals surface area contributed by atoms with Gasteiger partial charge in [-0.05, 0) is 37.2 Å². The van der Waals surface area contributed by atoms with E-state index in [9.17, 15) is 0 Å². The van der Waals surface area contributed by atoms with Crippen molar-refractivity contribution in [3.63, 3.8) is 0 Å². The number of H-pyrrole nitrogens is 1. The molecule has 2 heterocycles. The number of benzene rings is 1. The predicted octanol–water partition coefficient (Wildman–Crippen LogP) is 3.38. The molecular weight excluding hydrogens is 284 g/mol. The lowest BCUT2D eigenvalue weighted by molar-refractivity contribution is 0.419. The standard InChI is InChI=1S/C15H18N4OS/c1-20-13-6-4-5-12-14(13)17-15(21)19(12)9-3-2-8-18-10-7-16-11-18/h4-7,10-11H,2-3,8-9H2,1H3,(H,17,21). The summed E-state index contributed by atoms with van der Waals surface area (Å²) in [5, 5.41) is 0. The van der Waals surface area contributed by atoms with Crippen LogP contribution in [-0.2, 0) is 13.1 Å². The largest absolute Gasteiger partial charge is 0.494 e. The van der Waals surface area contributed by atoms with E-state index < -0.39 is 0 Å². The van der Waals surface area contributed by atoms with Crippen LogP contribution in [-0.4, -0.2) is 26.2 Å². The van der Waals surface area contributed by atoms with Crippen LogP contribution in [0.5, 0.6) is 5.75 Å². The Balaban J connectivity index is 1.72. The fourth-order valence-electron chi connectivity index (χ4n) is 2.53. The van der Waals surface area contributed by atoms with Crippen LogP contribution in [0.4, 0.5) is 0 Å². The number of ether oxygens (including phenoxy) is 1. The summed E-state index contributed by atoms with van der Waals surface area (Å²) in [6.45, 7) is 1.89. The van der Waals surface area contributed by atoms with Crippen molar-refractivity contribution in [1.29, 1.82) is 0 Å². The Morgan fingerprint density at radius 3 is 2.90 bits per heavy atom. The molecule has 21 heavy (non-hydrogen) atoms. The molecule has 0 bridgehead atoms. The topological polar surface area (TPSA) is 47.8 Å². The average molecular weight is 302 g/mol. The van der Waals surface area contributed by atoms with Crippen molar-refractivity contribution in [3.05, 3.63) is 41.7 Å². The van der Waals surface area contributed by atoms with E-state index in [4.69, 9.17) is 17.0 Å². The smallest absolute Gasteiger partial charge is 0.178 e. The van der Waals surface area contributed by atoms with E-state index in [2.05, 4.69) is 25.2 Å². The fraction of sp³-hybridized carbons (Fsp3) is 0.333. The lowest BCUT2D eigenvalue weighted by Crippen LogP contribution is -2.01. The Morgan fingerprint density at radius 1 is 1.29 bits per heavy atom. The number of methoxy groups -OCH3 is 1. The molecule has 2 aromatic heterocycles. The van der Waals surface area contributed by atoms with Gasteiger partial charge in [0.1, 0.15) is 11.3 Å². The van der Waals surface area contributed by atoms with Gasteiger partial charge in [-0.1, -0.05) is 6.07 Å². The first-order valence-electron chi connectivity index (χ1n) is 7.01. The molecule has 0 radical (unpaired) electrons. The molecule has 0 saturated carbocycles. The monoisotopic (exact) mass is 302 g/mol. The Labute approximate surface area is 128 Å². The van der Waals surface area contributed by atoms with Gasteiger partial charge in [0, 0.05) is 25.5 Å².